The van der Waals surface area contributed by atoms with E-state index in [2.05, 4.69) is 19.2 Å². The molecule has 106 valence electrons. The Morgan fingerprint density at radius 2 is 1.95 bits per heavy atom. The van der Waals surface area contributed by atoms with Gasteiger partial charge in [0.05, 0.1) is 6.10 Å². The van der Waals surface area contributed by atoms with Crippen LogP contribution in [0.1, 0.15) is 51.5 Å². The molecule has 0 atom stereocenters. The maximum absolute atomic E-state index is 13.6. The first kappa shape index (κ1) is 14.3. The first-order valence-corrected chi connectivity index (χ1v) is 7.33. The number of hydrogen-bond donors (Lipinski definition) is 1. The highest BCUT2D eigenvalue weighted by Crippen LogP contribution is 2.24. The van der Waals surface area contributed by atoms with Crippen LogP contribution in [0, 0.1) is 5.82 Å². The van der Waals surface area contributed by atoms with E-state index in [9.17, 15) is 4.39 Å². The van der Waals surface area contributed by atoms with Gasteiger partial charge in [-0.1, -0.05) is 20.3 Å². The van der Waals surface area contributed by atoms with E-state index in [-0.39, 0.29) is 11.9 Å². The fourth-order valence-corrected chi connectivity index (χ4v) is 2.49. The minimum absolute atomic E-state index is 0.214. The zero-order chi connectivity index (χ0) is 13.7. The van der Waals surface area contributed by atoms with E-state index in [4.69, 9.17) is 4.74 Å². The van der Waals surface area contributed by atoms with Crippen molar-refractivity contribution in [3.63, 3.8) is 0 Å². The smallest absolute Gasteiger partial charge is 0.127 e. The molecule has 1 saturated carbocycles. The Hall–Kier alpha value is -1.09. The summed E-state index contributed by atoms with van der Waals surface area (Å²) in [5.41, 5.74) is 0.944. The summed E-state index contributed by atoms with van der Waals surface area (Å²) < 4.78 is 19.5. The average molecular weight is 265 g/mol. The third-order valence-electron chi connectivity index (χ3n) is 3.50. The lowest BCUT2D eigenvalue weighted by Crippen LogP contribution is -2.22. The largest absolute Gasteiger partial charge is 0.490 e. The predicted molar refractivity (Wildman–Crippen MR) is 75.9 cm³/mol. The summed E-state index contributed by atoms with van der Waals surface area (Å²) in [5.74, 6) is 0.460. The third-order valence-corrected chi connectivity index (χ3v) is 3.50. The van der Waals surface area contributed by atoms with Crippen molar-refractivity contribution < 1.29 is 9.13 Å². The molecular weight excluding hydrogens is 241 g/mol. The van der Waals surface area contributed by atoms with Gasteiger partial charge in [0, 0.05) is 18.7 Å². The quantitative estimate of drug-likeness (QED) is 0.867. The van der Waals surface area contributed by atoms with E-state index < -0.39 is 0 Å². The van der Waals surface area contributed by atoms with Crippen LogP contribution in [0.5, 0.6) is 5.75 Å². The maximum Gasteiger partial charge on any atom is 0.127 e. The molecule has 0 spiro atoms. The predicted octanol–water partition coefficient (Wildman–Crippen LogP) is 4.04. The van der Waals surface area contributed by atoms with Crippen molar-refractivity contribution in [2.75, 3.05) is 0 Å². The summed E-state index contributed by atoms with van der Waals surface area (Å²) in [7, 11) is 0. The van der Waals surface area contributed by atoms with Crippen molar-refractivity contribution >= 4 is 0 Å². The van der Waals surface area contributed by atoms with Gasteiger partial charge in [-0.05, 0) is 43.4 Å². The minimum atomic E-state index is -0.214. The summed E-state index contributed by atoms with van der Waals surface area (Å²) in [6, 6.07) is 5.41. The van der Waals surface area contributed by atoms with E-state index >= 15 is 0 Å². The molecule has 1 aliphatic rings. The molecule has 1 N–H and O–H groups in total. The van der Waals surface area contributed by atoms with Crippen molar-refractivity contribution in [2.24, 2.45) is 0 Å². The number of ether oxygens (including phenoxy) is 1. The van der Waals surface area contributed by atoms with Crippen LogP contribution in [-0.2, 0) is 6.54 Å². The second-order valence-corrected chi connectivity index (χ2v) is 5.71. The lowest BCUT2D eigenvalue weighted by Gasteiger charge is -2.23. The molecule has 1 fully saturated rings. The average Bonchev–Trinajstić information content (AvgIpc) is 2.37. The van der Waals surface area contributed by atoms with Crippen LogP contribution in [0.4, 0.5) is 4.39 Å². The Morgan fingerprint density at radius 3 is 2.63 bits per heavy atom. The molecule has 0 saturated heterocycles. The number of rotatable bonds is 5. The zero-order valence-electron chi connectivity index (χ0n) is 11.9. The Morgan fingerprint density at radius 1 is 1.21 bits per heavy atom. The second kappa shape index (κ2) is 6.90. The van der Waals surface area contributed by atoms with Gasteiger partial charge in [-0.15, -0.1) is 0 Å². The molecule has 1 aromatic carbocycles. The standard InChI is InChI=1S/C16H24FNO/c1-12(2)18-11-13-8-14(17)10-16(9-13)19-15-6-4-3-5-7-15/h8-10,12,15,18H,3-7,11H2,1-2H3. The van der Waals surface area contributed by atoms with Crippen molar-refractivity contribution in [2.45, 2.75) is 64.6 Å². The summed E-state index contributed by atoms with van der Waals surface area (Å²) in [4.78, 5) is 0. The van der Waals surface area contributed by atoms with E-state index in [1.165, 1.54) is 25.3 Å². The molecule has 2 nitrogen and oxygen atoms in total. The van der Waals surface area contributed by atoms with Gasteiger partial charge in [0.1, 0.15) is 11.6 Å². The Balaban J connectivity index is 1.99. The summed E-state index contributed by atoms with van der Waals surface area (Å²) in [6.07, 6.45) is 6.20. The van der Waals surface area contributed by atoms with Gasteiger partial charge >= 0.3 is 0 Å². The maximum atomic E-state index is 13.6. The fourth-order valence-electron chi connectivity index (χ4n) is 2.49. The van der Waals surface area contributed by atoms with Gasteiger partial charge in [0.2, 0.25) is 0 Å². The van der Waals surface area contributed by atoms with Crippen LogP contribution in [0.2, 0.25) is 0 Å². The van der Waals surface area contributed by atoms with Crippen molar-refractivity contribution in [1.29, 1.82) is 0 Å². The van der Waals surface area contributed by atoms with Crippen LogP contribution in [0.3, 0.4) is 0 Å². The van der Waals surface area contributed by atoms with E-state index in [0.717, 1.165) is 18.4 Å². The Labute approximate surface area is 115 Å². The molecule has 0 amide bonds. The van der Waals surface area contributed by atoms with Crippen LogP contribution in [-0.4, -0.2) is 12.1 Å². The monoisotopic (exact) mass is 265 g/mol. The van der Waals surface area contributed by atoms with Gasteiger partial charge in [-0.25, -0.2) is 4.39 Å². The normalized spacial score (nSPS) is 16.8. The summed E-state index contributed by atoms with van der Waals surface area (Å²) in [6.45, 7) is 4.84. The van der Waals surface area contributed by atoms with Crippen molar-refractivity contribution in [3.05, 3.63) is 29.6 Å². The van der Waals surface area contributed by atoms with Gasteiger partial charge < -0.3 is 10.1 Å². The first-order chi connectivity index (χ1) is 9.13. The van der Waals surface area contributed by atoms with Gasteiger partial charge in [-0.3, -0.25) is 0 Å². The number of hydrogen-bond acceptors (Lipinski definition) is 2. The van der Waals surface area contributed by atoms with Crippen LogP contribution >= 0.6 is 0 Å². The highest BCUT2D eigenvalue weighted by molar-refractivity contribution is 5.29. The lowest BCUT2D eigenvalue weighted by atomic mass is 9.98. The molecule has 1 aromatic rings. The second-order valence-electron chi connectivity index (χ2n) is 5.71. The summed E-state index contributed by atoms with van der Waals surface area (Å²) >= 11 is 0. The molecule has 1 aliphatic carbocycles. The molecular formula is C16H24FNO. The molecule has 0 aliphatic heterocycles. The van der Waals surface area contributed by atoms with Crippen LogP contribution in [0.15, 0.2) is 18.2 Å². The first-order valence-electron chi connectivity index (χ1n) is 7.33. The molecule has 0 radical (unpaired) electrons. The SMILES string of the molecule is CC(C)NCc1cc(F)cc(OC2CCCCC2)c1. The molecule has 0 unspecified atom stereocenters. The van der Waals surface area contributed by atoms with Gasteiger partial charge in [0.25, 0.3) is 0 Å². The number of halogens is 1. The third kappa shape index (κ3) is 4.83. The van der Waals surface area contributed by atoms with E-state index in [0.29, 0.717) is 18.3 Å². The number of benzene rings is 1. The Kier molecular flexibility index (Phi) is 5.20. The minimum Gasteiger partial charge on any atom is -0.490 e. The summed E-state index contributed by atoms with van der Waals surface area (Å²) in [5, 5.41) is 3.30. The fraction of sp³-hybridized carbons (Fsp3) is 0.625. The molecule has 2 rings (SSSR count). The molecule has 3 heteroatoms. The highest BCUT2D eigenvalue weighted by atomic mass is 19.1. The van der Waals surface area contributed by atoms with E-state index in [1.807, 2.05) is 6.07 Å². The molecule has 0 heterocycles. The van der Waals surface area contributed by atoms with Gasteiger partial charge in [-0.2, -0.15) is 0 Å². The Bertz CT molecular complexity index is 400. The number of nitrogens with one attached hydrogen (secondary N) is 1. The molecule has 0 bridgehead atoms. The van der Waals surface area contributed by atoms with Crippen LogP contribution < -0.4 is 10.1 Å². The van der Waals surface area contributed by atoms with Crippen molar-refractivity contribution in [1.82, 2.24) is 5.32 Å². The highest BCUT2D eigenvalue weighted by Gasteiger charge is 2.15. The molecule has 19 heavy (non-hydrogen) atoms. The zero-order valence-corrected chi connectivity index (χ0v) is 11.9. The van der Waals surface area contributed by atoms with E-state index in [1.54, 1.807) is 6.07 Å². The lowest BCUT2D eigenvalue weighted by molar-refractivity contribution is 0.154. The van der Waals surface area contributed by atoms with Crippen molar-refractivity contribution in [3.8, 4) is 5.75 Å². The topological polar surface area (TPSA) is 21.3 Å². The van der Waals surface area contributed by atoms with Gasteiger partial charge in [0.15, 0.2) is 0 Å². The molecule has 0 aromatic heterocycles. The van der Waals surface area contributed by atoms with Crippen LogP contribution in [0.25, 0.3) is 0 Å².